The van der Waals surface area contributed by atoms with Crippen molar-refractivity contribution in [2.24, 2.45) is 9.98 Å². The van der Waals surface area contributed by atoms with Gasteiger partial charge < -0.3 is 14.4 Å². The Kier molecular flexibility index (Phi) is 6.80. The summed E-state index contributed by atoms with van der Waals surface area (Å²) in [4.78, 5) is 24.4. The number of hydrogen-bond donors (Lipinski definition) is 0. The van der Waals surface area contributed by atoms with Crippen LogP contribution in [-0.4, -0.2) is 46.7 Å². The third-order valence-electron chi connectivity index (χ3n) is 7.12. The van der Waals surface area contributed by atoms with Crippen LogP contribution in [0.4, 0.5) is 0 Å². The van der Waals surface area contributed by atoms with Gasteiger partial charge in [0.25, 0.3) is 5.91 Å². The van der Waals surface area contributed by atoms with Crippen molar-refractivity contribution < 1.29 is 14.3 Å². The first-order valence-electron chi connectivity index (χ1n) is 12.4. The summed E-state index contributed by atoms with van der Waals surface area (Å²) in [5, 5.41) is 0.685. The van der Waals surface area contributed by atoms with E-state index in [1.54, 1.807) is 6.20 Å². The molecule has 0 N–H and O–H groups in total. The molecule has 1 spiro atoms. The summed E-state index contributed by atoms with van der Waals surface area (Å²) in [6.07, 6.45) is 13.0. The van der Waals surface area contributed by atoms with Crippen molar-refractivity contribution in [3.8, 4) is 0 Å². The van der Waals surface area contributed by atoms with Gasteiger partial charge in [-0.1, -0.05) is 29.3 Å². The second kappa shape index (κ2) is 9.84. The van der Waals surface area contributed by atoms with Gasteiger partial charge in [0.05, 0.1) is 24.5 Å². The van der Waals surface area contributed by atoms with Gasteiger partial charge in [0, 0.05) is 42.9 Å². The Hall–Kier alpha value is -2.54. The second-order valence-electron chi connectivity index (χ2n) is 9.96. The summed E-state index contributed by atoms with van der Waals surface area (Å²) in [7, 11) is 0. The highest BCUT2D eigenvalue weighted by Gasteiger charge is 2.63. The fourth-order valence-electron chi connectivity index (χ4n) is 5.47. The number of allylic oxidation sites excluding steroid dienone is 3. The zero-order valence-corrected chi connectivity index (χ0v) is 21.3. The fraction of sp³-hybridized carbons (Fsp3) is 0.464. The second-order valence-corrected chi connectivity index (χ2v) is 10.4. The van der Waals surface area contributed by atoms with Crippen molar-refractivity contribution in [3.63, 3.8) is 0 Å². The van der Waals surface area contributed by atoms with Crippen molar-refractivity contribution in [2.45, 2.75) is 83.5 Å². The van der Waals surface area contributed by atoms with Crippen LogP contribution in [0.1, 0.15) is 64.0 Å². The predicted molar refractivity (Wildman–Crippen MR) is 140 cm³/mol. The van der Waals surface area contributed by atoms with Crippen molar-refractivity contribution in [1.82, 2.24) is 4.90 Å². The van der Waals surface area contributed by atoms with E-state index in [9.17, 15) is 4.79 Å². The van der Waals surface area contributed by atoms with Crippen LogP contribution in [0.5, 0.6) is 0 Å². The molecule has 35 heavy (non-hydrogen) atoms. The molecule has 3 heterocycles. The number of rotatable bonds is 7. The molecule has 0 bridgehead atoms. The van der Waals surface area contributed by atoms with E-state index in [4.69, 9.17) is 21.1 Å². The molecule has 6 nitrogen and oxygen atoms in total. The quantitative estimate of drug-likeness (QED) is 0.447. The van der Waals surface area contributed by atoms with Crippen LogP contribution in [0.15, 0.2) is 58.3 Å². The van der Waals surface area contributed by atoms with Crippen LogP contribution in [0.2, 0.25) is 5.02 Å². The van der Waals surface area contributed by atoms with Gasteiger partial charge in [-0.15, -0.1) is 0 Å². The molecular weight excluding hydrogens is 462 g/mol. The molecule has 1 aliphatic carbocycles. The Labute approximate surface area is 212 Å². The number of nitrogens with zero attached hydrogens (tertiary/aromatic N) is 3. The van der Waals surface area contributed by atoms with Gasteiger partial charge >= 0.3 is 0 Å². The first kappa shape index (κ1) is 24.2. The molecule has 7 heteroatoms. The van der Waals surface area contributed by atoms with E-state index < -0.39 is 5.60 Å². The molecule has 1 saturated carbocycles. The molecule has 5 rings (SSSR count). The zero-order valence-electron chi connectivity index (χ0n) is 20.5. The molecule has 2 atom stereocenters. The highest BCUT2D eigenvalue weighted by molar-refractivity contribution is 6.30. The average Bonchev–Trinajstić information content (AvgIpc) is 3.52. The number of benzene rings is 1. The highest BCUT2D eigenvalue weighted by Crippen LogP contribution is 2.49. The molecule has 1 aromatic rings. The van der Waals surface area contributed by atoms with Crippen LogP contribution >= 0.6 is 11.6 Å². The van der Waals surface area contributed by atoms with E-state index in [1.165, 1.54) is 0 Å². The van der Waals surface area contributed by atoms with Crippen molar-refractivity contribution >= 4 is 35.0 Å². The lowest BCUT2D eigenvalue weighted by Crippen LogP contribution is -2.56. The Balaban J connectivity index is 1.24. The minimum Gasteiger partial charge on any atom is -0.373 e. The summed E-state index contributed by atoms with van der Waals surface area (Å²) in [5.74, 6) is 0.0805. The van der Waals surface area contributed by atoms with Gasteiger partial charge in [-0.3, -0.25) is 14.8 Å². The summed E-state index contributed by atoms with van der Waals surface area (Å²) in [5.41, 5.74) is 4.65. The van der Waals surface area contributed by atoms with Gasteiger partial charge in [-0.25, -0.2) is 0 Å². The molecule has 1 amide bonds. The third-order valence-corrected chi connectivity index (χ3v) is 7.35. The Morgan fingerprint density at radius 3 is 2.89 bits per heavy atom. The molecule has 1 aromatic carbocycles. The van der Waals surface area contributed by atoms with Crippen LogP contribution < -0.4 is 0 Å². The molecule has 3 aliphatic heterocycles. The maximum atomic E-state index is 13.6. The van der Waals surface area contributed by atoms with Gasteiger partial charge in [0.15, 0.2) is 5.60 Å². The molecule has 0 radical (unpaired) electrons. The van der Waals surface area contributed by atoms with Gasteiger partial charge in [0.2, 0.25) is 0 Å². The first-order valence-corrected chi connectivity index (χ1v) is 12.7. The van der Waals surface area contributed by atoms with E-state index in [1.807, 2.05) is 48.5 Å². The predicted octanol–water partition coefficient (Wildman–Crippen LogP) is 5.86. The lowest BCUT2D eigenvalue weighted by atomic mass is 9.76. The monoisotopic (exact) mass is 493 g/mol. The zero-order chi connectivity index (χ0) is 24.6. The van der Waals surface area contributed by atoms with E-state index in [2.05, 4.69) is 29.9 Å². The van der Waals surface area contributed by atoms with E-state index in [0.717, 1.165) is 47.2 Å². The first-order chi connectivity index (χ1) is 16.9. The molecule has 3 fully saturated rings. The molecule has 0 aromatic heterocycles. The van der Waals surface area contributed by atoms with Crippen LogP contribution in [0.3, 0.4) is 0 Å². The van der Waals surface area contributed by atoms with Crippen molar-refractivity contribution in [3.05, 3.63) is 64.5 Å². The number of aliphatic imine (C=N–C) groups is 2. The minimum atomic E-state index is -0.760. The standard InChI is InChI=1S/C28H32ClN3O3/c1-4-10-31-24(12-18(2)3)25-7-8-26-32(25)27(33)28(35-26)14-22(15-28)34-17-20-13-21(29)5-6-23(20)19-9-11-30-16-19/h4-6,10-13,16,22,25-26H,7-9,14-15,17H2,1-3H3/b10-4-,31-24?. The maximum Gasteiger partial charge on any atom is 0.257 e. The van der Waals surface area contributed by atoms with E-state index in [0.29, 0.717) is 24.5 Å². The molecule has 2 unspecified atom stereocenters. The number of carbonyl (C=O) groups excluding carboxylic acids is 1. The third kappa shape index (κ3) is 4.67. The SMILES string of the molecule is C/C=C\N=C(C=C(C)C)C1CCC2OC3(CC(OCc4cc(Cl)ccc4C4=CN=CC4)C3)C(=O)N21. The molecular formula is C28H32ClN3O3. The number of halogens is 1. The fourth-order valence-corrected chi connectivity index (χ4v) is 5.67. The van der Waals surface area contributed by atoms with Crippen LogP contribution in [-0.2, 0) is 20.9 Å². The van der Waals surface area contributed by atoms with Crippen molar-refractivity contribution in [1.29, 1.82) is 0 Å². The summed E-state index contributed by atoms with van der Waals surface area (Å²) < 4.78 is 12.6. The Morgan fingerprint density at radius 2 is 2.17 bits per heavy atom. The van der Waals surface area contributed by atoms with Crippen molar-refractivity contribution in [2.75, 3.05) is 0 Å². The lowest BCUT2D eigenvalue weighted by molar-refractivity contribution is -0.177. The Bertz CT molecular complexity index is 1160. The number of hydrogen-bond acceptors (Lipinski definition) is 5. The summed E-state index contributed by atoms with van der Waals surface area (Å²) >= 11 is 6.27. The summed E-state index contributed by atoms with van der Waals surface area (Å²) in [6.45, 7) is 6.49. The number of ether oxygens (including phenoxy) is 2. The van der Waals surface area contributed by atoms with Gasteiger partial charge in [0.1, 0.15) is 6.23 Å². The average molecular weight is 494 g/mol. The smallest absolute Gasteiger partial charge is 0.257 e. The Morgan fingerprint density at radius 1 is 1.34 bits per heavy atom. The molecule has 184 valence electrons. The number of carbonyl (C=O) groups is 1. The van der Waals surface area contributed by atoms with Crippen LogP contribution in [0, 0.1) is 0 Å². The molecule has 2 saturated heterocycles. The maximum absolute atomic E-state index is 13.6. The summed E-state index contributed by atoms with van der Waals surface area (Å²) in [6, 6.07) is 5.84. The lowest BCUT2D eigenvalue weighted by Gasteiger charge is -2.42. The highest BCUT2D eigenvalue weighted by atomic mass is 35.5. The molecule has 4 aliphatic rings. The van der Waals surface area contributed by atoms with Gasteiger partial charge in [-0.2, -0.15) is 0 Å². The number of amides is 1. The topological polar surface area (TPSA) is 63.5 Å². The van der Waals surface area contributed by atoms with E-state index in [-0.39, 0.29) is 24.3 Å². The largest absolute Gasteiger partial charge is 0.373 e. The number of fused-ring (bicyclic) bond motifs is 1. The van der Waals surface area contributed by atoms with Crippen LogP contribution in [0.25, 0.3) is 5.57 Å². The van der Waals surface area contributed by atoms with Gasteiger partial charge in [-0.05, 0) is 68.5 Å². The normalized spacial score (nSPS) is 29.8. The minimum absolute atomic E-state index is 0.0213. The van der Waals surface area contributed by atoms with E-state index >= 15 is 0 Å².